The fraction of sp³-hybridized carbons (Fsp3) is 0.200. The zero-order chi connectivity index (χ0) is 8.15. The molecular weight excluding hydrogens is 138 g/mol. The van der Waals surface area contributed by atoms with Crippen molar-refractivity contribution in [3.05, 3.63) is 11.8 Å². The Morgan fingerprint density at radius 1 is 1.50 bits per heavy atom. The highest BCUT2D eigenvalue weighted by molar-refractivity contribution is 6.37. The number of carbonyl (C=O) groups excluding carboxylic acids is 1. The molecule has 10 heavy (non-hydrogen) atoms. The highest BCUT2D eigenvalue weighted by Crippen LogP contribution is 1.82. The summed E-state index contributed by atoms with van der Waals surface area (Å²) in [5, 5.41) is 16.2. The number of carboxylic acid groups (broad SMARTS) is 1. The molecule has 0 aromatic carbocycles. The lowest BCUT2D eigenvalue weighted by Gasteiger charge is -1.90. The van der Waals surface area contributed by atoms with Crippen LogP contribution < -0.4 is 5.73 Å². The van der Waals surface area contributed by atoms with Gasteiger partial charge in [-0.1, -0.05) is 0 Å². The largest absolute Gasteiger partial charge is 0.475 e. The van der Waals surface area contributed by atoms with Gasteiger partial charge in [0.1, 0.15) is 0 Å². The van der Waals surface area contributed by atoms with Gasteiger partial charge in [-0.25, -0.2) is 4.79 Å². The van der Waals surface area contributed by atoms with Gasteiger partial charge < -0.3 is 15.9 Å². The van der Waals surface area contributed by atoms with E-state index in [1.165, 1.54) is 0 Å². The Morgan fingerprint density at radius 3 is 2.30 bits per heavy atom. The molecule has 0 aliphatic rings. The summed E-state index contributed by atoms with van der Waals surface area (Å²) in [6, 6.07) is 0. The van der Waals surface area contributed by atoms with Crippen molar-refractivity contribution in [3.8, 4) is 0 Å². The van der Waals surface area contributed by atoms with E-state index in [2.05, 4.69) is 0 Å². The highest BCUT2D eigenvalue weighted by atomic mass is 16.4. The molecule has 0 aromatic heterocycles. The standard InChI is InChI=1S/C5H7NO4/c6-3(2-7)1-4(8)5(9)10/h1,7H,2,6H2,(H,9,10)/b3-1-. The summed E-state index contributed by atoms with van der Waals surface area (Å²) < 4.78 is 0. The van der Waals surface area contributed by atoms with E-state index < -0.39 is 18.4 Å². The number of hydrogen-bond donors (Lipinski definition) is 3. The fourth-order valence-corrected chi connectivity index (χ4v) is 0.276. The number of aliphatic carboxylic acids is 1. The van der Waals surface area contributed by atoms with Gasteiger partial charge in [0.25, 0.3) is 5.78 Å². The van der Waals surface area contributed by atoms with Crippen molar-refractivity contribution < 1.29 is 19.8 Å². The molecule has 56 valence electrons. The molecule has 0 spiro atoms. The van der Waals surface area contributed by atoms with E-state index in [0.29, 0.717) is 6.08 Å². The monoisotopic (exact) mass is 145 g/mol. The molecule has 0 fully saturated rings. The van der Waals surface area contributed by atoms with Crippen LogP contribution in [0.1, 0.15) is 0 Å². The van der Waals surface area contributed by atoms with Crippen LogP contribution in [0.15, 0.2) is 11.8 Å². The summed E-state index contributed by atoms with van der Waals surface area (Å²) in [6.45, 7) is -0.515. The molecule has 0 amide bonds. The molecule has 0 atom stereocenters. The smallest absolute Gasteiger partial charge is 0.376 e. The summed E-state index contributed by atoms with van der Waals surface area (Å²) in [6.07, 6.45) is 0.669. The Labute approximate surface area is 56.8 Å². The second-order valence-electron chi connectivity index (χ2n) is 1.55. The molecule has 0 unspecified atom stereocenters. The normalized spacial score (nSPS) is 11.1. The first kappa shape index (κ1) is 8.64. The van der Waals surface area contributed by atoms with Crippen molar-refractivity contribution in [2.24, 2.45) is 5.73 Å². The van der Waals surface area contributed by atoms with Crippen molar-refractivity contribution >= 4 is 11.8 Å². The van der Waals surface area contributed by atoms with Gasteiger partial charge in [0.2, 0.25) is 0 Å². The summed E-state index contributed by atoms with van der Waals surface area (Å²) in [7, 11) is 0. The number of aliphatic hydroxyl groups is 1. The summed E-state index contributed by atoms with van der Waals surface area (Å²) in [5.74, 6) is -2.72. The van der Waals surface area contributed by atoms with Crippen LogP contribution in [-0.2, 0) is 9.59 Å². The van der Waals surface area contributed by atoms with Gasteiger partial charge in [0, 0.05) is 11.8 Å². The molecule has 0 aliphatic heterocycles. The molecule has 0 heterocycles. The zero-order valence-electron chi connectivity index (χ0n) is 5.07. The van der Waals surface area contributed by atoms with Crippen LogP contribution in [0.3, 0.4) is 0 Å². The summed E-state index contributed by atoms with van der Waals surface area (Å²) in [4.78, 5) is 20.1. The molecule has 0 bridgehead atoms. The van der Waals surface area contributed by atoms with E-state index in [9.17, 15) is 9.59 Å². The molecule has 0 radical (unpaired) electrons. The second kappa shape index (κ2) is 3.62. The first-order valence-electron chi connectivity index (χ1n) is 2.42. The second-order valence-corrected chi connectivity index (χ2v) is 1.55. The minimum Gasteiger partial charge on any atom is -0.475 e. The van der Waals surface area contributed by atoms with E-state index >= 15 is 0 Å². The first-order chi connectivity index (χ1) is 4.57. The molecular formula is C5H7NO4. The van der Waals surface area contributed by atoms with Crippen LogP contribution in [0, 0.1) is 0 Å². The maximum atomic E-state index is 10.2. The van der Waals surface area contributed by atoms with E-state index in [1.54, 1.807) is 0 Å². The van der Waals surface area contributed by atoms with Crippen LogP contribution in [-0.4, -0.2) is 28.6 Å². The van der Waals surface area contributed by atoms with Crippen molar-refractivity contribution in [3.63, 3.8) is 0 Å². The SMILES string of the molecule is N/C(=C\C(=O)C(=O)O)CO. The van der Waals surface area contributed by atoms with Gasteiger partial charge in [-0.05, 0) is 0 Å². The average Bonchev–Trinajstić information content (AvgIpc) is 1.87. The third-order valence-electron chi connectivity index (χ3n) is 0.710. The van der Waals surface area contributed by atoms with Crippen LogP contribution in [0.4, 0.5) is 0 Å². The summed E-state index contributed by atoms with van der Waals surface area (Å²) >= 11 is 0. The minimum atomic E-state index is -1.59. The number of carboxylic acids is 1. The lowest BCUT2D eigenvalue weighted by atomic mass is 10.3. The van der Waals surface area contributed by atoms with Gasteiger partial charge in [-0.2, -0.15) is 0 Å². The molecule has 4 N–H and O–H groups in total. The number of aliphatic hydroxyl groups excluding tert-OH is 1. The van der Waals surface area contributed by atoms with Crippen molar-refractivity contribution in [2.75, 3.05) is 6.61 Å². The van der Waals surface area contributed by atoms with E-state index in [4.69, 9.17) is 15.9 Å². The van der Waals surface area contributed by atoms with Crippen LogP contribution in [0.25, 0.3) is 0 Å². The first-order valence-corrected chi connectivity index (χ1v) is 2.42. The van der Waals surface area contributed by atoms with E-state index in [0.717, 1.165) is 0 Å². The van der Waals surface area contributed by atoms with Crippen molar-refractivity contribution in [1.29, 1.82) is 0 Å². The molecule has 5 heteroatoms. The zero-order valence-corrected chi connectivity index (χ0v) is 5.07. The Bertz CT molecular complexity index is 184. The van der Waals surface area contributed by atoms with Crippen LogP contribution >= 0.6 is 0 Å². The van der Waals surface area contributed by atoms with Gasteiger partial charge in [-0.15, -0.1) is 0 Å². The number of nitrogens with two attached hydrogens (primary N) is 1. The fourth-order valence-electron chi connectivity index (χ4n) is 0.276. The number of carbonyl (C=O) groups is 2. The van der Waals surface area contributed by atoms with Crippen LogP contribution in [0.2, 0.25) is 0 Å². The molecule has 0 aliphatic carbocycles. The van der Waals surface area contributed by atoms with Gasteiger partial charge in [0.05, 0.1) is 6.61 Å². The molecule has 5 nitrogen and oxygen atoms in total. The Morgan fingerprint density at radius 2 is 2.00 bits per heavy atom. The van der Waals surface area contributed by atoms with Gasteiger partial charge in [0.15, 0.2) is 0 Å². The predicted octanol–water partition coefficient (Wildman–Crippen LogP) is -1.53. The quantitative estimate of drug-likeness (QED) is 0.330. The third-order valence-corrected chi connectivity index (χ3v) is 0.710. The minimum absolute atomic E-state index is 0.160. The molecule has 0 rings (SSSR count). The van der Waals surface area contributed by atoms with Crippen molar-refractivity contribution in [1.82, 2.24) is 0 Å². The maximum Gasteiger partial charge on any atom is 0.376 e. The highest BCUT2D eigenvalue weighted by Gasteiger charge is 2.06. The Hall–Kier alpha value is -1.36. The van der Waals surface area contributed by atoms with E-state index in [1.807, 2.05) is 0 Å². The maximum absolute atomic E-state index is 10.2. The molecule has 0 aromatic rings. The molecule has 0 saturated carbocycles. The Balaban J connectivity index is 4.13. The third kappa shape index (κ3) is 2.83. The molecule has 0 saturated heterocycles. The number of ketones is 1. The van der Waals surface area contributed by atoms with Gasteiger partial charge >= 0.3 is 5.97 Å². The average molecular weight is 145 g/mol. The lowest BCUT2D eigenvalue weighted by Crippen LogP contribution is -2.13. The van der Waals surface area contributed by atoms with Crippen molar-refractivity contribution in [2.45, 2.75) is 0 Å². The predicted molar refractivity (Wildman–Crippen MR) is 32.0 cm³/mol. The summed E-state index contributed by atoms with van der Waals surface area (Å²) in [5.41, 5.74) is 4.78. The lowest BCUT2D eigenvalue weighted by molar-refractivity contribution is -0.146. The van der Waals surface area contributed by atoms with Crippen LogP contribution in [0.5, 0.6) is 0 Å². The number of rotatable bonds is 3. The Kier molecular flexibility index (Phi) is 3.13. The van der Waals surface area contributed by atoms with Gasteiger partial charge in [-0.3, -0.25) is 4.79 Å². The van der Waals surface area contributed by atoms with E-state index in [-0.39, 0.29) is 5.70 Å². The number of hydrogen-bond acceptors (Lipinski definition) is 4. The topological polar surface area (TPSA) is 101 Å².